The number of carbonyl (C=O) groups excluding carboxylic acids is 1. The van der Waals surface area contributed by atoms with Crippen molar-refractivity contribution in [2.45, 2.75) is 6.54 Å². The molecule has 19 heavy (non-hydrogen) atoms. The van der Waals surface area contributed by atoms with Crippen molar-refractivity contribution < 1.29 is 4.79 Å². The van der Waals surface area contributed by atoms with Crippen LogP contribution in [0.4, 0.5) is 5.69 Å². The summed E-state index contributed by atoms with van der Waals surface area (Å²) in [6, 6.07) is 15.1. The van der Waals surface area contributed by atoms with Crippen molar-refractivity contribution in [2.24, 2.45) is 0 Å². The van der Waals surface area contributed by atoms with E-state index in [0.29, 0.717) is 17.8 Å². The van der Waals surface area contributed by atoms with Gasteiger partial charge in [0.15, 0.2) is 0 Å². The van der Waals surface area contributed by atoms with Crippen molar-refractivity contribution in [1.82, 2.24) is 4.90 Å². The normalized spacial score (nSPS) is 10.2. The number of nitrogens with zero attached hydrogens (tertiary/aromatic N) is 1. The second-order valence-electron chi connectivity index (χ2n) is 4.38. The summed E-state index contributed by atoms with van der Waals surface area (Å²) in [7, 11) is 1.79. The fraction of sp³-hybridized carbons (Fsp3) is 0.133. The predicted molar refractivity (Wildman–Crippen MR) is 80.8 cm³/mol. The van der Waals surface area contributed by atoms with E-state index in [1.807, 2.05) is 30.3 Å². The maximum Gasteiger partial charge on any atom is 0.253 e. The van der Waals surface area contributed by atoms with Crippen molar-refractivity contribution in [1.29, 1.82) is 0 Å². The summed E-state index contributed by atoms with van der Waals surface area (Å²) in [4.78, 5) is 13.9. The van der Waals surface area contributed by atoms with Crippen LogP contribution >= 0.6 is 15.9 Å². The minimum atomic E-state index is -0.0388. The van der Waals surface area contributed by atoms with Gasteiger partial charge in [-0.25, -0.2) is 0 Å². The molecule has 0 bridgehead atoms. The van der Waals surface area contributed by atoms with Crippen LogP contribution in [0.2, 0.25) is 0 Å². The molecule has 0 atom stereocenters. The van der Waals surface area contributed by atoms with Gasteiger partial charge in [-0.2, -0.15) is 0 Å². The molecule has 0 unspecified atom stereocenters. The summed E-state index contributed by atoms with van der Waals surface area (Å²) in [5, 5.41) is 0. The Hall–Kier alpha value is -1.81. The molecule has 2 aromatic carbocycles. The lowest BCUT2D eigenvalue weighted by molar-refractivity contribution is 0.0785. The number of halogens is 1. The first-order chi connectivity index (χ1) is 9.08. The van der Waals surface area contributed by atoms with E-state index in [9.17, 15) is 4.79 Å². The van der Waals surface area contributed by atoms with Crippen LogP contribution in [0.5, 0.6) is 0 Å². The monoisotopic (exact) mass is 318 g/mol. The largest absolute Gasteiger partial charge is 0.398 e. The Morgan fingerprint density at radius 2 is 1.89 bits per heavy atom. The number of hydrogen-bond donors (Lipinski definition) is 1. The number of amides is 1. The Bertz CT molecular complexity index is 584. The molecule has 0 aliphatic heterocycles. The van der Waals surface area contributed by atoms with Crippen LogP contribution in [0, 0.1) is 0 Å². The van der Waals surface area contributed by atoms with Gasteiger partial charge in [-0.1, -0.05) is 30.3 Å². The van der Waals surface area contributed by atoms with E-state index in [2.05, 4.69) is 15.9 Å². The molecule has 0 saturated carbocycles. The van der Waals surface area contributed by atoms with E-state index in [1.165, 1.54) is 0 Å². The van der Waals surface area contributed by atoms with E-state index in [-0.39, 0.29) is 5.91 Å². The fourth-order valence-electron chi connectivity index (χ4n) is 1.83. The highest BCUT2D eigenvalue weighted by atomic mass is 79.9. The van der Waals surface area contributed by atoms with Gasteiger partial charge in [0, 0.05) is 29.3 Å². The third-order valence-corrected chi connectivity index (χ3v) is 3.57. The van der Waals surface area contributed by atoms with Crippen LogP contribution in [-0.2, 0) is 6.54 Å². The third-order valence-electron chi connectivity index (χ3n) is 2.85. The zero-order valence-corrected chi connectivity index (χ0v) is 12.2. The van der Waals surface area contributed by atoms with Gasteiger partial charge in [-0.05, 0) is 39.7 Å². The first kappa shape index (κ1) is 13.6. The van der Waals surface area contributed by atoms with Gasteiger partial charge in [0.05, 0.1) is 0 Å². The summed E-state index contributed by atoms with van der Waals surface area (Å²) in [6.07, 6.45) is 0. The summed E-state index contributed by atoms with van der Waals surface area (Å²) in [5.41, 5.74) is 8.06. The molecule has 98 valence electrons. The molecule has 0 radical (unpaired) electrons. The molecule has 0 aliphatic carbocycles. The summed E-state index contributed by atoms with van der Waals surface area (Å²) < 4.78 is 0.801. The van der Waals surface area contributed by atoms with Crippen LogP contribution in [0.1, 0.15) is 15.9 Å². The van der Waals surface area contributed by atoms with Gasteiger partial charge in [0.1, 0.15) is 0 Å². The number of nitrogen functional groups attached to an aromatic ring is 1. The highest BCUT2D eigenvalue weighted by Crippen LogP contribution is 2.21. The summed E-state index contributed by atoms with van der Waals surface area (Å²) >= 11 is 3.32. The molecule has 0 saturated heterocycles. The number of hydrogen-bond acceptors (Lipinski definition) is 2. The van der Waals surface area contributed by atoms with Gasteiger partial charge in [0.2, 0.25) is 0 Å². The van der Waals surface area contributed by atoms with Crippen LogP contribution in [0.3, 0.4) is 0 Å². The molecular formula is C15H15BrN2O. The predicted octanol–water partition coefficient (Wildman–Crippen LogP) is 3.30. The molecule has 0 spiro atoms. The second kappa shape index (κ2) is 5.89. The molecule has 4 heteroatoms. The second-order valence-corrected chi connectivity index (χ2v) is 5.24. The van der Waals surface area contributed by atoms with Gasteiger partial charge in [0.25, 0.3) is 5.91 Å². The van der Waals surface area contributed by atoms with E-state index in [4.69, 9.17) is 5.73 Å². The smallest absolute Gasteiger partial charge is 0.253 e. The number of rotatable bonds is 3. The fourth-order valence-corrected chi connectivity index (χ4v) is 2.07. The van der Waals surface area contributed by atoms with Crippen LogP contribution in [0.15, 0.2) is 53.0 Å². The maximum absolute atomic E-state index is 12.3. The van der Waals surface area contributed by atoms with Crippen LogP contribution in [0.25, 0.3) is 0 Å². The molecule has 0 aromatic heterocycles. The van der Waals surface area contributed by atoms with Crippen molar-refractivity contribution in [2.75, 3.05) is 12.8 Å². The minimum absolute atomic E-state index is 0.0388. The highest BCUT2D eigenvalue weighted by Gasteiger charge is 2.12. The zero-order chi connectivity index (χ0) is 13.8. The molecule has 2 N–H and O–H groups in total. The lowest BCUT2D eigenvalue weighted by atomic mass is 10.1. The maximum atomic E-state index is 12.3. The van der Waals surface area contributed by atoms with Crippen LogP contribution < -0.4 is 5.73 Å². The van der Waals surface area contributed by atoms with E-state index in [1.54, 1.807) is 30.1 Å². The molecule has 3 nitrogen and oxygen atoms in total. The average Bonchev–Trinajstić information content (AvgIpc) is 2.42. The topological polar surface area (TPSA) is 46.3 Å². The number of nitrogens with two attached hydrogens (primary N) is 1. The zero-order valence-electron chi connectivity index (χ0n) is 10.6. The molecule has 2 rings (SSSR count). The average molecular weight is 319 g/mol. The van der Waals surface area contributed by atoms with Gasteiger partial charge in [-0.3, -0.25) is 4.79 Å². The Morgan fingerprint density at radius 1 is 1.21 bits per heavy atom. The highest BCUT2D eigenvalue weighted by molar-refractivity contribution is 9.10. The quantitative estimate of drug-likeness (QED) is 0.882. The Kier molecular flexibility index (Phi) is 4.22. The lowest BCUT2D eigenvalue weighted by Gasteiger charge is -2.17. The van der Waals surface area contributed by atoms with Crippen LogP contribution in [-0.4, -0.2) is 17.9 Å². The number of benzene rings is 2. The molecule has 1 amide bonds. The standard InChI is InChI=1S/C15H15BrN2O/c1-18(10-11-5-3-2-4-6-11)15(19)12-7-8-13(16)14(17)9-12/h2-9H,10,17H2,1H3. The Balaban J connectivity index is 2.12. The first-order valence-corrected chi connectivity index (χ1v) is 6.71. The number of anilines is 1. The molecule has 0 fully saturated rings. The van der Waals surface area contributed by atoms with E-state index >= 15 is 0 Å². The molecule has 0 heterocycles. The first-order valence-electron chi connectivity index (χ1n) is 5.92. The van der Waals surface area contributed by atoms with Crippen molar-refractivity contribution in [3.8, 4) is 0 Å². The van der Waals surface area contributed by atoms with Crippen molar-refractivity contribution >= 4 is 27.5 Å². The Labute approximate surface area is 121 Å². The molecule has 0 aliphatic rings. The molecular weight excluding hydrogens is 304 g/mol. The van der Waals surface area contributed by atoms with Crippen molar-refractivity contribution in [3.63, 3.8) is 0 Å². The third kappa shape index (κ3) is 3.35. The van der Waals surface area contributed by atoms with Crippen molar-refractivity contribution in [3.05, 3.63) is 64.1 Å². The van der Waals surface area contributed by atoms with Gasteiger partial charge >= 0.3 is 0 Å². The SMILES string of the molecule is CN(Cc1ccccc1)C(=O)c1ccc(Br)c(N)c1. The Morgan fingerprint density at radius 3 is 2.53 bits per heavy atom. The lowest BCUT2D eigenvalue weighted by Crippen LogP contribution is -2.26. The number of carbonyl (C=O) groups is 1. The van der Waals surface area contributed by atoms with E-state index in [0.717, 1.165) is 10.0 Å². The molecule has 2 aromatic rings. The minimum Gasteiger partial charge on any atom is -0.398 e. The van der Waals surface area contributed by atoms with Gasteiger partial charge < -0.3 is 10.6 Å². The van der Waals surface area contributed by atoms with Gasteiger partial charge in [-0.15, -0.1) is 0 Å². The summed E-state index contributed by atoms with van der Waals surface area (Å²) in [5.74, 6) is -0.0388. The summed E-state index contributed by atoms with van der Waals surface area (Å²) in [6.45, 7) is 0.579. The van der Waals surface area contributed by atoms with E-state index < -0.39 is 0 Å².